The lowest BCUT2D eigenvalue weighted by Gasteiger charge is -2.36. The van der Waals surface area contributed by atoms with Crippen LogP contribution >= 0.6 is 11.3 Å². The van der Waals surface area contributed by atoms with Crippen LogP contribution in [0.25, 0.3) is 11.3 Å². The van der Waals surface area contributed by atoms with Gasteiger partial charge < -0.3 is 9.80 Å². The van der Waals surface area contributed by atoms with E-state index in [1.54, 1.807) is 11.3 Å². The van der Waals surface area contributed by atoms with Gasteiger partial charge in [0, 0.05) is 51.2 Å². The summed E-state index contributed by atoms with van der Waals surface area (Å²) in [6.07, 6.45) is 2.38. The highest BCUT2D eigenvalue weighted by Crippen LogP contribution is 2.30. The van der Waals surface area contributed by atoms with Crippen molar-refractivity contribution in [3.8, 4) is 0 Å². The van der Waals surface area contributed by atoms with E-state index in [-0.39, 0.29) is 0 Å². The van der Waals surface area contributed by atoms with E-state index in [0.29, 0.717) is 11.3 Å². The molecule has 0 radical (unpaired) electrons. The van der Waals surface area contributed by atoms with E-state index in [9.17, 15) is 0 Å². The molecule has 3 aromatic heterocycles. The van der Waals surface area contributed by atoms with Crippen LogP contribution in [-0.4, -0.2) is 69.4 Å². The summed E-state index contributed by atoms with van der Waals surface area (Å²) in [7, 11) is 0. The Bertz CT molecular complexity index is 926. The number of piperazine rings is 1. The molecular weight excluding hydrogens is 364 g/mol. The summed E-state index contributed by atoms with van der Waals surface area (Å²) in [5.74, 6) is 1.82. The first-order valence-corrected chi connectivity index (χ1v) is 10.3. The number of hydrogen-bond acceptors (Lipinski definition) is 10. The Morgan fingerprint density at radius 2 is 1.52 bits per heavy atom. The fourth-order valence-electron chi connectivity index (χ4n) is 3.80. The van der Waals surface area contributed by atoms with Crippen molar-refractivity contribution in [2.24, 2.45) is 0 Å². The third-order valence-electron chi connectivity index (χ3n) is 5.21. The minimum Gasteiger partial charge on any atom is -0.353 e. The first kappa shape index (κ1) is 16.8. The summed E-state index contributed by atoms with van der Waals surface area (Å²) < 4.78 is 4.83. The molecule has 0 aliphatic carbocycles. The number of rotatable bonds is 4. The Morgan fingerprint density at radius 3 is 2.11 bits per heavy atom. The maximum atomic E-state index is 4.83. The standard InChI is InChI=1S/C17H22N8OS/c1-12-18-13(11-27-12)10-23-6-8-25(9-7-23)17-16(24-4-2-3-5-24)19-14-15(20-17)22-26-21-14/h11H,2-10H2,1H3. The van der Waals surface area contributed by atoms with Crippen LogP contribution in [0.2, 0.25) is 0 Å². The molecule has 3 aromatic rings. The monoisotopic (exact) mass is 386 g/mol. The van der Waals surface area contributed by atoms with Crippen LogP contribution in [0.3, 0.4) is 0 Å². The molecule has 0 unspecified atom stereocenters. The topological polar surface area (TPSA) is 87.3 Å². The van der Waals surface area contributed by atoms with Gasteiger partial charge in [-0.15, -0.1) is 11.3 Å². The second-order valence-electron chi connectivity index (χ2n) is 7.10. The quantitative estimate of drug-likeness (QED) is 0.665. The van der Waals surface area contributed by atoms with Gasteiger partial charge in [0.1, 0.15) is 0 Å². The molecule has 5 heterocycles. The number of aryl methyl sites for hydroxylation is 1. The second kappa shape index (κ2) is 7.01. The molecule has 10 heteroatoms. The van der Waals surface area contributed by atoms with Gasteiger partial charge in [-0.05, 0) is 30.1 Å². The average Bonchev–Trinajstić information content (AvgIpc) is 3.43. The van der Waals surface area contributed by atoms with Crippen molar-refractivity contribution in [3.05, 3.63) is 16.1 Å². The van der Waals surface area contributed by atoms with Gasteiger partial charge in [-0.1, -0.05) is 0 Å². The number of nitrogens with zero attached hydrogens (tertiary/aromatic N) is 8. The predicted octanol–water partition coefficient (Wildman–Crippen LogP) is 1.70. The highest BCUT2D eigenvalue weighted by molar-refractivity contribution is 7.09. The molecule has 142 valence electrons. The van der Waals surface area contributed by atoms with Crippen molar-refractivity contribution in [2.75, 3.05) is 49.1 Å². The van der Waals surface area contributed by atoms with Gasteiger partial charge in [-0.3, -0.25) is 4.90 Å². The van der Waals surface area contributed by atoms with E-state index < -0.39 is 0 Å². The minimum absolute atomic E-state index is 0.480. The summed E-state index contributed by atoms with van der Waals surface area (Å²) in [4.78, 5) is 21.1. The van der Waals surface area contributed by atoms with Crippen molar-refractivity contribution in [1.29, 1.82) is 0 Å². The van der Waals surface area contributed by atoms with E-state index in [4.69, 9.17) is 14.6 Å². The van der Waals surface area contributed by atoms with Gasteiger partial charge in [-0.2, -0.15) is 0 Å². The Balaban J connectivity index is 1.35. The van der Waals surface area contributed by atoms with Crippen LogP contribution in [-0.2, 0) is 6.54 Å². The average molecular weight is 386 g/mol. The maximum absolute atomic E-state index is 4.83. The van der Waals surface area contributed by atoms with Gasteiger partial charge in [0.25, 0.3) is 0 Å². The first-order chi connectivity index (χ1) is 13.3. The van der Waals surface area contributed by atoms with E-state index in [0.717, 1.165) is 62.5 Å². The lowest BCUT2D eigenvalue weighted by molar-refractivity contribution is 0.247. The summed E-state index contributed by atoms with van der Waals surface area (Å²) in [5, 5.41) is 11.1. The molecule has 0 N–H and O–H groups in total. The SMILES string of the molecule is Cc1nc(CN2CCN(c3nc4nonc4nc3N3CCCC3)CC2)cs1. The normalized spacial score (nSPS) is 18.7. The Morgan fingerprint density at radius 1 is 0.889 bits per heavy atom. The Kier molecular flexibility index (Phi) is 4.36. The molecular formula is C17H22N8OS. The number of hydrogen-bond donors (Lipinski definition) is 0. The van der Waals surface area contributed by atoms with Crippen LogP contribution in [0.1, 0.15) is 23.5 Å². The number of fused-ring (bicyclic) bond motifs is 1. The summed E-state index contributed by atoms with van der Waals surface area (Å²) in [5.41, 5.74) is 2.13. The fourth-order valence-corrected chi connectivity index (χ4v) is 4.41. The zero-order chi connectivity index (χ0) is 18.2. The largest absolute Gasteiger partial charge is 0.353 e. The molecule has 0 amide bonds. The van der Waals surface area contributed by atoms with Crippen molar-refractivity contribution in [2.45, 2.75) is 26.3 Å². The number of aromatic nitrogens is 5. The molecule has 2 aliphatic heterocycles. The number of anilines is 2. The van der Waals surface area contributed by atoms with E-state index >= 15 is 0 Å². The van der Waals surface area contributed by atoms with Crippen LogP contribution in [0.4, 0.5) is 11.6 Å². The molecule has 0 spiro atoms. The van der Waals surface area contributed by atoms with Gasteiger partial charge in [-0.25, -0.2) is 19.6 Å². The Hall–Kier alpha value is -2.33. The summed E-state index contributed by atoms with van der Waals surface area (Å²) in [6, 6.07) is 0. The molecule has 2 saturated heterocycles. The molecule has 5 rings (SSSR count). The molecule has 0 saturated carbocycles. The van der Waals surface area contributed by atoms with E-state index in [1.165, 1.54) is 18.5 Å². The van der Waals surface area contributed by atoms with E-state index in [2.05, 4.69) is 42.3 Å². The van der Waals surface area contributed by atoms with Crippen LogP contribution in [0.15, 0.2) is 10.0 Å². The minimum atomic E-state index is 0.480. The smallest absolute Gasteiger partial charge is 0.245 e. The third-order valence-corrected chi connectivity index (χ3v) is 6.03. The molecule has 0 aromatic carbocycles. The van der Waals surface area contributed by atoms with Crippen LogP contribution < -0.4 is 9.80 Å². The van der Waals surface area contributed by atoms with Crippen LogP contribution in [0, 0.1) is 6.92 Å². The third kappa shape index (κ3) is 3.34. The molecule has 0 bridgehead atoms. The van der Waals surface area contributed by atoms with Crippen molar-refractivity contribution < 1.29 is 4.63 Å². The lowest BCUT2D eigenvalue weighted by Crippen LogP contribution is -2.46. The predicted molar refractivity (Wildman–Crippen MR) is 103 cm³/mol. The van der Waals surface area contributed by atoms with Gasteiger partial charge in [0.05, 0.1) is 10.7 Å². The summed E-state index contributed by atoms with van der Waals surface area (Å²) in [6.45, 7) is 8.78. The van der Waals surface area contributed by atoms with E-state index in [1.807, 2.05) is 0 Å². The fraction of sp³-hybridized carbons (Fsp3) is 0.588. The van der Waals surface area contributed by atoms with Crippen molar-refractivity contribution >= 4 is 34.3 Å². The molecule has 2 aliphatic rings. The highest BCUT2D eigenvalue weighted by Gasteiger charge is 2.27. The highest BCUT2D eigenvalue weighted by atomic mass is 32.1. The zero-order valence-corrected chi connectivity index (χ0v) is 16.2. The lowest BCUT2D eigenvalue weighted by atomic mass is 10.3. The Labute approximate surface area is 161 Å². The van der Waals surface area contributed by atoms with Gasteiger partial charge in [0.2, 0.25) is 11.3 Å². The first-order valence-electron chi connectivity index (χ1n) is 9.40. The molecule has 27 heavy (non-hydrogen) atoms. The van der Waals surface area contributed by atoms with Gasteiger partial charge in [0.15, 0.2) is 11.6 Å². The maximum Gasteiger partial charge on any atom is 0.245 e. The zero-order valence-electron chi connectivity index (χ0n) is 15.3. The molecule has 0 atom stereocenters. The summed E-state index contributed by atoms with van der Waals surface area (Å²) >= 11 is 1.71. The van der Waals surface area contributed by atoms with Crippen LogP contribution in [0.5, 0.6) is 0 Å². The van der Waals surface area contributed by atoms with Gasteiger partial charge >= 0.3 is 0 Å². The van der Waals surface area contributed by atoms with Crippen molar-refractivity contribution in [3.63, 3.8) is 0 Å². The van der Waals surface area contributed by atoms with Crippen molar-refractivity contribution in [1.82, 2.24) is 30.2 Å². The molecule has 2 fully saturated rings. The molecule has 9 nitrogen and oxygen atoms in total. The second-order valence-corrected chi connectivity index (χ2v) is 8.16. The number of thiazole rings is 1.